The molecule has 0 aliphatic rings. The van der Waals surface area contributed by atoms with E-state index in [9.17, 15) is 9.59 Å². The van der Waals surface area contributed by atoms with E-state index in [2.05, 4.69) is 15.6 Å². The molecule has 2 rings (SSSR count). The molecule has 1 aromatic heterocycles. The van der Waals surface area contributed by atoms with E-state index < -0.39 is 17.7 Å². The molecule has 2 aromatic rings. The van der Waals surface area contributed by atoms with Gasteiger partial charge in [-0.1, -0.05) is 39.3 Å². The van der Waals surface area contributed by atoms with Crippen molar-refractivity contribution in [2.45, 2.75) is 52.2 Å². The number of thiazole rings is 1. The van der Waals surface area contributed by atoms with Crippen LogP contribution >= 0.6 is 11.3 Å². The molecule has 0 saturated heterocycles. The number of benzene rings is 1. The highest BCUT2D eigenvalue weighted by molar-refractivity contribution is 7.18. The summed E-state index contributed by atoms with van der Waals surface area (Å²) in [5.41, 5.74) is 0.915. The van der Waals surface area contributed by atoms with E-state index in [0.717, 1.165) is 21.6 Å². The molecule has 1 atom stereocenters. The molecular weight excluding hydrogens is 310 g/mol. The fourth-order valence-corrected chi connectivity index (χ4v) is 3.28. The van der Waals surface area contributed by atoms with Crippen LogP contribution in [0.5, 0.6) is 0 Å². The van der Waals surface area contributed by atoms with Crippen LogP contribution in [-0.2, 0) is 16.1 Å². The topological polar surface area (TPSA) is 71.1 Å². The molecular formula is C17H23N3O2S. The summed E-state index contributed by atoms with van der Waals surface area (Å²) in [6.07, 6.45) is 1.51. The third kappa shape index (κ3) is 4.84. The lowest BCUT2D eigenvalue weighted by Crippen LogP contribution is -2.47. The smallest absolute Gasteiger partial charge is 0.289 e. The number of Topliss-reactive ketones (excluding diaryl/α,β-unsaturated/α-hetero) is 1. The SMILES string of the molecule is CCCC(NC(C)C)C(=O)C(=O)NCc1nc2ccccc2s1. The number of rotatable bonds is 8. The van der Waals surface area contributed by atoms with Crippen molar-refractivity contribution in [3.8, 4) is 0 Å². The normalized spacial score (nSPS) is 12.5. The number of carbonyl (C=O) groups is 2. The van der Waals surface area contributed by atoms with Crippen LogP contribution < -0.4 is 10.6 Å². The number of ketones is 1. The van der Waals surface area contributed by atoms with Crippen LogP contribution in [-0.4, -0.2) is 28.8 Å². The van der Waals surface area contributed by atoms with Crippen molar-refractivity contribution in [2.75, 3.05) is 0 Å². The summed E-state index contributed by atoms with van der Waals surface area (Å²) in [5, 5.41) is 6.65. The molecule has 124 valence electrons. The van der Waals surface area contributed by atoms with E-state index in [4.69, 9.17) is 0 Å². The molecule has 0 bridgehead atoms. The van der Waals surface area contributed by atoms with Crippen LogP contribution in [0.2, 0.25) is 0 Å². The van der Waals surface area contributed by atoms with Gasteiger partial charge >= 0.3 is 0 Å². The molecule has 0 saturated carbocycles. The lowest BCUT2D eigenvalue weighted by Gasteiger charge is -2.18. The summed E-state index contributed by atoms with van der Waals surface area (Å²) in [5.74, 6) is -0.947. The number of carbonyl (C=O) groups excluding carboxylic acids is 2. The summed E-state index contributed by atoms with van der Waals surface area (Å²) in [7, 11) is 0. The van der Waals surface area contributed by atoms with Crippen molar-refractivity contribution in [1.82, 2.24) is 15.6 Å². The summed E-state index contributed by atoms with van der Waals surface area (Å²) in [4.78, 5) is 28.8. The number of nitrogens with one attached hydrogen (secondary N) is 2. The average Bonchev–Trinajstić information content (AvgIpc) is 2.94. The number of fused-ring (bicyclic) bond motifs is 1. The van der Waals surface area contributed by atoms with Crippen molar-refractivity contribution in [3.05, 3.63) is 29.3 Å². The average molecular weight is 333 g/mol. The van der Waals surface area contributed by atoms with Gasteiger partial charge in [-0.05, 0) is 18.6 Å². The molecule has 0 aliphatic heterocycles. The molecule has 1 unspecified atom stereocenters. The standard InChI is InChI=1S/C17H23N3O2S/c1-4-7-13(19-11(2)3)16(21)17(22)18-10-15-20-12-8-5-6-9-14(12)23-15/h5-6,8-9,11,13,19H,4,7,10H2,1-3H3,(H,18,22). The lowest BCUT2D eigenvalue weighted by atomic mass is 10.1. The molecule has 23 heavy (non-hydrogen) atoms. The second-order valence-corrected chi connectivity index (χ2v) is 6.90. The number of hydrogen-bond acceptors (Lipinski definition) is 5. The van der Waals surface area contributed by atoms with Crippen LogP contribution in [0.25, 0.3) is 10.2 Å². The number of amides is 1. The molecule has 1 amide bonds. The monoisotopic (exact) mass is 333 g/mol. The maximum Gasteiger partial charge on any atom is 0.289 e. The van der Waals surface area contributed by atoms with Gasteiger partial charge in [0.25, 0.3) is 5.91 Å². The Kier molecular flexibility index (Phi) is 6.24. The van der Waals surface area contributed by atoms with E-state index in [1.807, 2.05) is 45.0 Å². The van der Waals surface area contributed by atoms with Crippen molar-refractivity contribution >= 4 is 33.2 Å². The van der Waals surface area contributed by atoms with Gasteiger partial charge in [-0.2, -0.15) is 0 Å². The number of aromatic nitrogens is 1. The molecule has 6 heteroatoms. The van der Waals surface area contributed by atoms with Crippen LogP contribution in [0.15, 0.2) is 24.3 Å². The van der Waals surface area contributed by atoms with E-state index in [-0.39, 0.29) is 12.6 Å². The second-order valence-electron chi connectivity index (χ2n) is 5.78. The minimum atomic E-state index is -0.546. The quantitative estimate of drug-likeness (QED) is 0.729. The van der Waals surface area contributed by atoms with Gasteiger partial charge in [0, 0.05) is 6.04 Å². The van der Waals surface area contributed by atoms with Gasteiger partial charge in [-0.25, -0.2) is 4.98 Å². The molecule has 0 aliphatic carbocycles. The number of nitrogens with zero attached hydrogens (tertiary/aromatic N) is 1. The zero-order valence-corrected chi connectivity index (χ0v) is 14.6. The van der Waals surface area contributed by atoms with Crippen LogP contribution in [0.3, 0.4) is 0 Å². The van der Waals surface area contributed by atoms with Gasteiger partial charge < -0.3 is 10.6 Å². The Labute approximate surface area is 140 Å². The molecule has 0 fully saturated rings. The zero-order valence-electron chi connectivity index (χ0n) is 13.8. The molecule has 5 nitrogen and oxygen atoms in total. The Balaban J connectivity index is 1.95. The largest absolute Gasteiger partial charge is 0.343 e. The molecule has 1 heterocycles. The first-order chi connectivity index (χ1) is 11.0. The highest BCUT2D eigenvalue weighted by atomic mass is 32.1. The Bertz CT molecular complexity index is 648. The third-order valence-corrected chi connectivity index (χ3v) is 4.43. The molecule has 0 spiro atoms. The Hall–Kier alpha value is -1.79. The van der Waals surface area contributed by atoms with Crippen molar-refractivity contribution in [1.29, 1.82) is 0 Å². The summed E-state index contributed by atoms with van der Waals surface area (Å²) < 4.78 is 1.08. The Morgan fingerprint density at radius 1 is 1.26 bits per heavy atom. The predicted molar refractivity (Wildman–Crippen MR) is 93.4 cm³/mol. The molecule has 2 N–H and O–H groups in total. The number of hydrogen-bond donors (Lipinski definition) is 2. The third-order valence-electron chi connectivity index (χ3n) is 3.39. The highest BCUT2D eigenvalue weighted by Crippen LogP contribution is 2.21. The van der Waals surface area contributed by atoms with E-state index in [0.29, 0.717) is 6.42 Å². The van der Waals surface area contributed by atoms with Crippen LogP contribution in [0.1, 0.15) is 38.6 Å². The van der Waals surface area contributed by atoms with Crippen molar-refractivity contribution in [2.24, 2.45) is 0 Å². The summed E-state index contributed by atoms with van der Waals surface area (Å²) in [6.45, 7) is 6.22. The Morgan fingerprint density at radius 2 is 2.00 bits per heavy atom. The van der Waals surface area contributed by atoms with Crippen molar-refractivity contribution < 1.29 is 9.59 Å². The van der Waals surface area contributed by atoms with Crippen molar-refractivity contribution in [3.63, 3.8) is 0 Å². The summed E-state index contributed by atoms with van der Waals surface area (Å²) >= 11 is 1.53. The van der Waals surface area contributed by atoms with E-state index >= 15 is 0 Å². The Morgan fingerprint density at radius 3 is 2.65 bits per heavy atom. The first-order valence-corrected chi connectivity index (χ1v) is 8.75. The maximum atomic E-state index is 12.3. The van der Waals surface area contributed by atoms with Gasteiger partial charge in [0.2, 0.25) is 5.78 Å². The minimum Gasteiger partial charge on any atom is -0.343 e. The summed E-state index contributed by atoms with van der Waals surface area (Å²) in [6, 6.07) is 7.56. The zero-order chi connectivity index (χ0) is 16.8. The number of para-hydroxylation sites is 1. The lowest BCUT2D eigenvalue weighted by molar-refractivity contribution is -0.139. The fourth-order valence-electron chi connectivity index (χ4n) is 2.38. The first-order valence-electron chi connectivity index (χ1n) is 7.93. The maximum absolute atomic E-state index is 12.3. The molecule has 0 radical (unpaired) electrons. The van der Waals surface area contributed by atoms with E-state index in [1.54, 1.807) is 0 Å². The van der Waals surface area contributed by atoms with Crippen LogP contribution in [0.4, 0.5) is 0 Å². The van der Waals surface area contributed by atoms with Gasteiger partial charge in [0.1, 0.15) is 5.01 Å². The van der Waals surface area contributed by atoms with Gasteiger partial charge in [-0.3, -0.25) is 9.59 Å². The van der Waals surface area contributed by atoms with Gasteiger partial charge in [0.05, 0.1) is 22.8 Å². The minimum absolute atomic E-state index is 0.160. The first kappa shape index (κ1) is 17.6. The highest BCUT2D eigenvalue weighted by Gasteiger charge is 2.24. The van der Waals surface area contributed by atoms with Gasteiger partial charge in [-0.15, -0.1) is 11.3 Å². The van der Waals surface area contributed by atoms with Gasteiger partial charge in [0.15, 0.2) is 0 Å². The van der Waals surface area contributed by atoms with E-state index in [1.165, 1.54) is 11.3 Å². The second kappa shape index (κ2) is 8.17. The van der Waals surface area contributed by atoms with Crippen LogP contribution in [0, 0.1) is 0 Å². The molecule has 1 aromatic carbocycles. The predicted octanol–water partition coefficient (Wildman–Crippen LogP) is 2.65. The fraction of sp³-hybridized carbons (Fsp3) is 0.471.